The Morgan fingerprint density at radius 1 is 1.53 bits per heavy atom. The Morgan fingerprint density at radius 3 is 2.68 bits per heavy atom. The van der Waals surface area contributed by atoms with Gasteiger partial charge in [0.1, 0.15) is 5.69 Å². The number of carbonyl (C=O) groups excluding carboxylic acids is 1. The van der Waals surface area contributed by atoms with Crippen molar-refractivity contribution < 1.29 is 9.72 Å². The molecular formula is C12H18N4O3. The van der Waals surface area contributed by atoms with Gasteiger partial charge in [-0.15, -0.1) is 0 Å². The van der Waals surface area contributed by atoms with Crippen molar-refractivity contribution in [2.75, 3.05) is 26.4 Å². The predicted molar refractivity (Wildman–Crippen MR) is 73.0 cm³/mol. The van der Waals surface area contributed by atoms with E-state index >= 15 is 0 Å². The lowest BCUT2D eigenvalue weighted by Crippen LogP contribution is -2.38. The van der Waals surface area contributed by atoms with Crippen molar-refractivity contribution in [1.82, 2.24) is 10.2 Å². The Bertz CT molecular complexity index is 488. The SMILES string of the molecule is CC(CNC(=O)c1ccc(N)c([N+](=O)[O-])c1)N(C)C. The maximum atomic E-state index is 11.9. The minimum absolute atomic E-state index is 0.0446. The topological polar surface area (TPSA) is 102 Å². The Labute approximate surface area is 111 Å². The first-order valence-electron chi connectivity index (χ1n) is 5.81. The summed E-state index contributed by atoms with van der Waals surface area (Å²) in [7, 11) is 3.82. The molecule has 0 fully saturated rings. The number of rotatable bonds is 5. The van der Waals surface area contributed by atoms with Crippen molar-refractivity contribution in [2.24, 2.45) is 0 Å². The van der Waals surface area contributed by atoms with Crippen molar-refractivity contribution in [3.8, 4) is 0 Å². The maximum Gasteiger partial charge on any atom is 0.292 e. The highest BCUT2D eigenvalue weighted by molar-refractivity contribution is 5.95. The third-order valence-electron chi connectivity index (χ3n) is 2.93. The van der Waals surface area contributed by atoms with Gasteiger partial charge in [0.05, 0.1) is 4.92 Å². The summed E-state index contributed by atoms with van der Waals surface area (Å²) in [6, 6.07) is 4.19. The second-order valence-electron chi connectivity index (χ2n) is 4.55. The second-order valence-corrected chi connectivity index (χ2v) is 4.55. The van der Waals surface area contributed by atoms with E-state index in [0.717, 1.165) is 0 Å². The van der Waals surface area contributed by atoms with Gasteiger partial charge in [0.2, 0.25) is 0 Å². The van der Waals surface area contributed by atoms with Crippen LogP contribution in [0.15, 0.2) is 18.2 Å². The lowest BCUT2D eigenvalue weighted by Gasteiger charge is -2.19. The van der Waals surface area contributed by atoms with Crippen molar-refractivity contribution in [2.45, 2.75) is 13.0 Å². The van der Waals surface area contributed by atoms with Crippen LogP contribution < -0.4 is 11.1 Å². The van der Waals surface area contributed by atoms with E-state index in [4.69, 9.17) is 5.73 Å². The van der Waals surface area contributed by atoms with E-state index in [1.807, 2.05) is 25.9 Å². The molecule has 1 aromatic rings. The van der Waals surface area contributed by atoms with Gasteiger partial charge in [-0.2, -0.15) is 0 Å². The van der Waals surface area contributed by atoms with Crippen LogP contribution in [0, 0.1) is 10.1 Å². The fourth-order valence-corrected chi connectivity index (χ4v) is 1.37. The molecule has 104 valence electrons. The normalized spacial score (nSPS) is 12.2. The van der Waals surface area contributed by atoms with Crippen LogP contribution in [0.1, 0.15) is 17.3 Å². The fourth-order valence-electron chi connectivity index (χ4n) is 1.37. The van der Waals surface area contributed by atoms with E-state index in [1.165, 1.54) is 18.2 Å². The number of hydrogen-bond acceptors (Lipinski definition) is 5. The standard InChI is InChI=1S/C12H18N4O3/c1-8(15(2)3)7-14-12(17)9-4-5-10(13)11(6-9)16(18)19/h4-6,8H,7,13H2,1-3H3,(H,14,17). The highest BCUT2D eigenvalue weighted by Crippen LogP contribution is 2.22. The molecule has 7 heteroatoms. The first-order valence-corrected chi connectivity index (χ1v) is 5.81. The van der Waals surface area contributed by atoms with Crippen LogP contribution in [-0.2, 0) is 0 Å². The Balaban J connectivity index is 2.78. The maximum absolute atomic E-state index is 11.9. The van der Waals surface area contributed by atoms with E-state index in [1.54, 1.807) is 0 Å². The zero-order valence-electron chi connectivity index (χ0n) is 11.2. The molecule has 0 heterocycles. The minimum Gasteiger partial charge on any atom is -0.393 e. The zero-order chi connectivity index (χ0) is 14.6. The first-order chi connectivity index (χ1) is 8.82. The minimum atomic E-state index is -0.603. The molecule has 0 aromatic heterocycles. The van der Waals surface area contributed by atoms with Crippen molar-refractivity contribution in [1.29, 1.82) is 0 Å². The molecule has 0 saturated carbocycles. The molecular weight excluding hydrogens is 248 g/mol. The van der Waals surface area contributed by atoms with Crippen LogP contribution in [0.2, 0.25) is 0 Å². The van der Waals surface area contributed by atoms with E-state index in [9.17, 15) is 14.9 Å². The van der Waals surface area contributed by atoms with Crippen LogP contribution in [0.4, 0.5) is 11.4 Å². The number of nitro benzene ring substituents is 1. The van der Waals surface area contributed by atoms with E-state index in [2.05, 4.69) is 5.32 Å². The summed E-state index contributed by atoms with van der Waals surface area (Å²) in [6.07, 6.45) is 0. The predicted octanol–water partition coefficient (Wildman–Crippen LogP) is 0.857. The van der Waals surface area contributed by atoms with Gasteiger partial charge in [-0.05, 0) is 33.2 Å². The quantitative estimate of drug-likeness (QED) is 0.467. The summed E-state index contributed by atoms with van der Waals surface area (Å²) in [6.45, 7) is 2.43. The first kappa shape index (κ1) is 14.9. The van der Waals surface area contributed by atoms with Gasteiger partial charge in [-0.3, -0.25) is 14.9 Å². The van der Waals surface area contributed by atoms with Crippen LogP contribution in [0.3, 0.4) is 0 Å². The Kier molecular flexibility index (Phi) is 4.82. The van der Waals surface area contributed by atoms with Gasteiger partial charge in [-0.1, -0.05) is 0 Å². The third-order valence-corrected chi connectivity index (χ3v) is 2.93. The molecule has 19 heavy (non-hydrogen) atoms. The third kappa shape index (κ3) is 3.92. The molecule has 7 nitrogen and oxygen atoms in total. The van der Waals surface area contributed by atoms with Gasteiger partial charge in [-0.25, -0.2) is 0 Å². The summed E-state index contributed by atoms with van der Waals surface area (Å²) >= 11 is 0. The zero-order valence-corrected chi connectivity index (χ0v) is 11.2. The molecule has 1 amide bonds. The molecule has 0 radical (unpaired) electrons. The number of nitrogens with two attached hydrogens (primary N) is 1. The van der Waals surface area contributed by atoms with Gasteiger partial charge in [0.25, 0.3) is 11.6 Å². The van der Waals surface area contributed by atoms with Gasteiger partial charge in [0, 0.05) is 24.2 Å². The summed E-state index contributed by atoms with van der Waals surface area (Å²) < 4.78 is 0. The van der Waals surface area contributed by atoms with Crippen molar-refractivity contribution in [3.63, 3.8) is 0 Å². The lowest BCUT2D eigenvalue weighted by atomic mass is 10.1. The number of likely N-dealkylation sites (N-methyl/N-ethyl adjacent to an activating group) is 1. The smallest absolute Gasteiger partial charge is 0.292 e. The highest BCUT2D eigenvalue weighted by atomic mass is 16.6. The van der Waals surface area contributed by atoms with Gasteiger partial charge >= 0.3 is 0 Å². The number of nitrogens with one attached hydrogen (secondary N) is 1. The Morgan fingerprint density at radius 2 is 2.16 bits per heavy atom. The summed E-state index contributed by atoms with van der Waals surface area (Å²) in [5.41, 5.74) is 5.49. The molecule has 0 aliphatic rings. The average Bonchev–Trinajstić information content (AvgIpc) is 2.35. The highest BCUT2D eigenvalue weighted by Gasteiger charge is 2.16. The summed E-state index contributed by atoms with van der Waals surface area (Å²) in [4.78, 5) is 24.0. The number of anilines is 1. The summed E-state index contributed by atoms with van der Waals surface area (Å²) in [5.74, 6) is -0.350. The average molecular weight is 266 g/mol. The number of nitrogens with zero attached hydrogens (tertiary/aromatic N) is 2. The lowest BCUT2D eigenvalue weighted by molar-refractivity contribution is -0.383. The van der Waals surface area contributed by atoms with Crippen LogP contribution >= 0.6 is 0 Å². The van der Waals surface area contributed by atoms with Gasteiger partial charge < -0.3 is 16.0 Å². The van der Waals surface area contributed by atoms with Crippen LogP contribution in [0.5, 0.6) is 0 Å². The van der Waals surface area contributed by atoms with Crippen molar-refractivity contribution in [3.05, 3.63) is 33.9 Å². The number of benzene rings is 1. The van der Waals surface area contributed by atoms with E-state index in [0.29, 0.717) is 6.54 Å². The number of carbonyl (C=O) groups is 1. The largest absolute Gasteiger partial charge is 0.393 e. The summed E-state index contributed by atoms with van der Waals surface area (Å²) in [5, 5.41) is 13.5. The molecule has 1 aromatic carbocycles. The second kappa shape index (κ2) is 6.14. The number of hydrogen-bond donors (Lipinski definition) is 2. The van der Waals surface area contributed by atoms with Crippen LogP contribution in [0.25, 0.3) is 0 Å². The van der Waals surface area contributed by atoms with E-state index < -0.39 is 4.92 Å². The van der Waals surface area contributed by atoms with Crippen molar-refractivity contribution >= 4 is 17.3 Å². The molecule has 0 aliphatic carbocycles. The number of nitro groups is 1. The molecule has 1 unspecified atom stereocenters. The molecule has 0 spiro atoms. The molecule has 0 bridgehead atoms. The molecule has 1 atom stereocenters. The molecule has 3 N–H and O–H groups in total. The number of amides is 1. The fraction of sp³-hybridized carbons (Fsp3) is 0.417. The molecule has 1 rings (SSSR count). The molecule has 0 saturated heterocycles. The number of nitrogen functional groups attached to an aromatic ring is 1. The van der Waals surface area contributed by atoms with Gasteiger partial charge in [0.15, 0.2) is 0 Å². The Hall–Kier alpha value is -2.15. The monoisotopic (exact) mass is 266 g/mol. The molecule has 0 aliphatic heterocycles. The van der Waals surface area contributed by atoms with Crippen LogP contribution in [-0.4, -0.2) is 42.4 Å². The van der Waals surface area contributed by atoms with E-state index in [-0.39, 0.29) is 28.9 Å².